The fraction of sp³-hybridized carbons (Fsp3) is 1.00. The maximum Gasteiger partial charge on any atom is 0.0244 e. The van der Waals surface area contributed by atoms with Crippen LogP contribution in [0.4, 0.5) is 0 Å². The molecule has 2 heteroatoms. The molecule has 0 radical (unpaired) electrons. The summed E-state index contributed by atoms with van der Waals surface area (Å²) >= 11 is 0. The van der Waals surface area contributed by atoms with Gasteiger partial charge in [0.05, 0.1) is 0 Å². The largest absolute Gasteiger partial charge is 0.313 e. The molecule has 1 unspecified atom stereocenters. The van der Waals surface area contributed by atoms with Crippen LogP contribution < -0.4 is 10.6 Å². The second-order valence-corrected chi connectivity index (χ2v) is 4.81. The summed E-state index contributed by atoms with van der Waals surface area (Å²) in [6, 6.07) is 1.25. The molecule has 0 amide bonds. The molecule has 1 aliphatic heterocycles. The zero-order valence-corrected chi connectivity index (χ0v) is 8.78. The molecule has 0 aromatic heterocycles. The molecule has 1 rings (SSSR count). The predicted molar refractivity (Wildman–Crippen MR) is 53.3 cm³/mol. The van der Waals surface area contributed by atoms with Gasteiger partial charge in [-0.2, -0.15) is 0 Å². The minimum Gasteiger partial charge on any atom is -0.313 e. The number of rotatable bonds is 3. The predicted octanol–water partition coefficient (Wildman–Crippen LogP) is 1.37. The van der Waals surface area contributed by atoms with E-state index in [9.17, 15) is 0 Å². The Labute approximate surface area is 76.1 Å². The van der Waals surface area contributed by atoms with E-state index in [2.05, 4.69) is 38.3 Å². The molecule has 0 aliphatic carbocycles. The Kier molecular flexibility index (Phi) is 3.13. The third-order valence-electron chi connectivity index (χ3n) is 2.83. The maximum absolute atomic E-state index is 3.54. The van der Waals surface area contributed by atoms with Gasteiger partial charge in [-0.1, -0.05) is 27.7 Å². The van der Waals surface area contributed by atoms with Crippen molar-refractivity contribution in [3.63, 3.8) is 0 Å². The first-order valence-corrected chi connectivity index (χ1v) is 4.99. The second-order valence-electron chi connectivity index (χ2n) is 4.81. The normalized spacial score (nSPS) is 28.2. The number of hydrogen-bond donors (Lipinski definition) is 2. The van der Waals surface area contributed by atoms with Gasteiger partial charge in [0.1, 0.15) is 0 Å². The van der Waals surface area contributed by atoms with Crippen LogP contribution in [-0.2, 0) is 0 Å². The van der Waals surface area contributed by atoms with Crippen LogP contribution in [0.2, 0.25) is 0 Å². The third kappa shape index (κ3) is 2.46. The molecular formula is C10H22N2. The lowest BCUT2D eigenvalue weighted by atomic mass is 9.85. The van der Waals surface area contributed by atoms with Crippen molar-refractivity contribution in [3.05, 3.63) is 0 Å². The monoisotopic (exact) mass is 170 g/mol. The lowest BCUT2D eigenvalue weighted by Crippen LogP contribution is -2.43. The van der Waals surface area contributed by atoms with E-state index in [1.54, 1.807) is 0 Å². The number of nitrogens with one attached hydrogen (secondary N) is 2. The van der Waals surface area contributed by atoms with Crippen molar-refractivity contribution in [1.82, 2.24) is 10.6 Å². The Morgan fingerprint density at radius 3 is 2.58 bits per heavy atom. The average Bonchev–Trinajstić information content (AvgIpc) is 2.25. The lowest BCUT2D eigenvalue weighted by molar-refractivity contribution is 0.298. The van der Waals surface area contributed by atoms with Gasteiger partial charge in [0.15, 0.2) is 0 Å². The zero-order chi connectivity index (χ0) is 9.19. The first kappa shape index (κ1) is 10.0. The van der Waals surface area contributed by atoms with Crippen molar-refractivity contribution in [2.24, 2.45) is 5.41 Å². The summed E-state index contributed by atoms with van der Waals surface area (Å²) in [7, 11) is 0. The minimum absolute atomic E-state index is 0.474. The van der Waals surface area contributed by atoms with E-state index in [0.717, 1.165) is 6.54 Å². The van der Waals surface area contributed by atoms with E-state index < -0.39 is 0 Å². The molecule has 72 valence electrons. The van der Waals surface area contributed by atoms with E-state index in [1.165, 1.54) is 13.0 Å². The minimum atomic E-state index is 0.474. The molecule has 0 aromatic carbocycles. The molecule has 12 heavy (non-hydrogen) atoms. The van der Waals surface area contributed by atoms with Gasteiger partial charge in [0.25, 0.3) is 0 Å². The van der Waals surface area contributed by atoms with Crippen molar-refractivity contribution in [2.75, 3.05) is 13.1 Å². The lowest BCUT2D eigenvalue weighted by Gasteiger charge is -2.27. The van der Waals surface area contributed by atoms with Crippen LogP contribution in [0.1, 0.15) is 34.1 Å². The van der Waals surface area contributed by atoms with Crippen LogP contribution >= 0.6 is 0 Å². The zero-order valence-electron chi connectivity index (χ0n) is 8.78. The molecule has 0 spiro atoms. The first-order chi connectivity index (χ1) is 5.52. The summed E-state index contributed by atoms with van der Waals surface area (Å²) in [5, 5.41) is 7.02. The van der Waals surface area contributed by atoms with Crippen LogP contribution in [0.15, 0.2) is 0 Å². The van der Waals surface area contributed by atoms with E-state index in [-0.39, 0.29) is 0 Å². The molecule has 0 saturated carbocycles. The molecule has 1 fully saturated rings. The summed E-state index contributed by atoms with van der Waals surface area (Å²) in [5.74, 6) is 0. The van der Waals surface area contributed by atoms with Crippen LogP contribution in [0.25, 0.3) is 0 Å². The van der Waals surface area contributed by atoms with Gasteiger partial charge < -0.3 is 10.6 Å². The van der Waals surface area contributed by atoms with Crippen molar-refractivity contribution in [2.45, 2.75) is 46.2 Å². The molecule has 2 nitrogen and oxygen atoms in total. The maximum atomic E-state index is 3.54. The fourth-order valence-corrected chi connectivity index (χ4v) is 1.72. The standard InChI is InChI=1S/C10H22N2/c1-8(2)12-7-9-10(3,4)5-6-11-9/h8-9,11-12H,5-7H2,1-4H3. The van der Waals surface area contributed by atoms with Crippen molar-refractivity contribution < 1.29 is 0 Å². The van der Waals surface area contributed by atoms with E-state index in [0.29, 0.717) is 17.5 Å². The van der Waals surface area contributed by atoms with Gasteiger partial charge in [-0.25, -0.2) is 0 Å². The average molecular weight is 170 g/mol. The summed E-state index contributed by atoms with van der Waals surface area (Å²) < 4.78 is 0. The van der Waals surface area contributed by atoms with Crippen LogP contribution in [-0.4, -0.2) is 25.2 Å². The summed E-state index contributed by atoms with van der Waals surface area (Å²) in [5.41, 5.74) is 0.474. The molecule has 1 heterocycles. The molecule has 2 N–H and O–H groups in total. The van der Waals surface area contributed by atoms with E-state index >= 15 is 0 Å². The Hall–Kier alpha value is -0.0800. The first-order valence-electron chi connectivity index (χ1n) is 4.99. The summed E-state index contributed by atoms with van der Waals surface area (Å²) in [4.78, 5) is 0. The third-order valence-corrected chi connectivity index (χ3v) is 2.83. The molecular weight excluding hydrogens is 148 g/mol. The quantitative estimate of drug-likeness (QED) is 0.668. The second kappa shape index (κ2) is 3.75. The van der Waals surface area contributed by atoms with Gasteiger partial charge in [-0.3, -0.25) is 0 Å². The van der Waals surface area contributed by atoms with Crippen molar-refractivity contribution >= 4 is 0 Å². The highest BCUT2D eigenvalue weighted by Crippen LogP contribution is 2.29. The smallest absolute Gasteiger partial charge is 0.0244 e. The van der Waals surface area contributed by atoms with Crippen LogP contribution in [0, 0.1) is 5.41 Å². The van der Waals surface area contributed by atoms with Gasteiger partial charge in [-0.05, 0) is 18.4 Å². The van der Waals surface area contributed by atoms with Crippen LogP contribution in [0.3, 0.4) is 0 Å². The van der Waals surface area contributed by atoms with Gasteiger partial charge in [0.2, 0.25) is 0 Å². The molecule has 0 bridgehead atoms. The Morgan fingerprint density at radius 1 is 1.50 bits per heavy atom. The van der Waals surface area contributed by atoms with Crippen molar-refractivity contribution in [3.8, 4) is 0 Å². The van der Waals surface area contributed by atoms with E-state index in [4.69, 9.17) is 0 Å². The SMILES string of the molecule is CC(C)NCC1NCCC1(C)C. The highest BCUT2D eigenvalue weighted by atomic mass is 15.0. The topological polar surface area (TPSA) is 24.1 Å². The summed E-state index contributed by atoms with van der Waals surface area (Å²) in [6.07, 6.45) is 1.30. The van der Waals surface area contributed by atoms with Crippen molar-refractivity contribution in [1.29, 1.82) is 0 Å². The molecule has 1 atom stereocenters. The Bertz CT molecular complexity index is 141. The molecule has 1 saturated heterocycles. The molecule has 0 aromatic rings. The highest BCUT2D eigenvalue weighted by molar-refractivity contribution is 4.92. The number of hydrogen-bond acceptors (Lipinski definition) is 2. The Morgan fingerprint density at radius 2 is 2.17 bits per heavy atom. The van der Waals surface area contributed by atoms with Gasteiger partial charge in [0, 0.05) is 18.6 Å². The highest BCUT2D eigenvalue weighted by Gasteiger charge is 2.33. The van der Waals surface area contributed by atoms with E-state index in [1.807, 2.05) is 0 Å². The fourth-order valence-electron chi connectivity index (χ4n) is 1.72. The van der Waals surface area contributed by atoms with Gasteiger partial charge in [-0.15, -0.1) is 0 Å². The Balaban J connectivity index is 2.32. The van der Waals surface area contributed by atoms with Gasteiger partial charge >= 0.3 is 0 Å². The summed E-state index contributed by atoms with van der Waals surface area (Å²) in [6.45, 7) is 11.4. The van der Waals surface area contributed by atoms with Crippen LogP contribution in [0.5, 0.6) is 0 Å². The molecule has 1 aliphatic rings.